The fourth-order valence-corrected chi connectivity index (χ4v) is 2.97. The van der Waals surface area contributed by atoms with Crippen molar-refractivity contribution in [2.75, 3.05) is 19.7 Å². The monoisotopic (exact) mass is 295 g/mol. The molecule has 120 valence electrons. The van der Waals surface area contributed by atoms with Crippen molar-refractivity contribution in [2.45, 2.75) is 51.2 Å². The lowest BCUT2D eigenvalue weighted by atomic mass is 9.89. The van der Waals surface area contributed by atoms with Gasteiger partial charge in [-0.1, -0.05) is 19.8 Å². The van der Waals surface area contributed by atoms with Crippen molar-refractivity contribution in [1.29, 1.82) is 0 Å². The summed E-state index contributed by atoms with van der Waals surface area (Å²) in [5.74, 6) is 0.762. The Labute approximate surface area is 127 Å². The van der Waals surface area contributed by atoms with Crippen molar-refractivity contribution < 1.29 is 9.84 Å². The largest absolute Gasteiger partial charge is 0.389 e. The number of nitrogens with one attached hydrogen (secondary N) is 1. The van der Waals surface area contributed by atoms with Gasteiger partial charge < -0.3 is 15.2 Å². The first kappa shape index (κ1) is 16.5. The maximum Gasteiger partial charge on any atom is 0.0897 e. The van der Waals surface area contributed by atoms with Crippen LogP contribution in [0.3, 0.4) is 0 Å². The SMILES string of the molecule is CC1CCCC(OCC(O)CNCCc2ccnn2C)C1. The predicted octanol–water partition coefficient (Wildman–Crippen LogP) is 1.51. The molecular formula is C16H29N3O2. The molecule has 1 aromatic heterocycles. The average Bonchev–Trinajstić information content (AvgIpc) is 2.87. The number of aromatic nitrogens is 2. The highest BCUT2D eigenvalue weighted by Gasteiger charge is 2.20. The second kappa shape index (κ2) is 8.51. The molecule has 0 bridgehead atoms. The lowest BCUT2D eigenvalue weighted by Crippen LogP contribution is -2.34. The highest BCUT2D eigenvalue weighted by Crippen LogP contribution is 2.25. The summed E-state index contributed by atoms with van der Waals surface area (Å²) in [7, 11) is 1.95. The third-order valence-electron chi connectivity index (χ3n) is 4.27. The standard InChI is InChI=1S/C16H29N3O2/c1-13-4-3-5-16(10-13)21-12-15(20)11-17-8-6-14-7-9-18-19(14)2/h7,9,13,15-17,20H,3-6,8,10-12H2,1-2H3. The van der Waals surface area contributed by atoms with Crippen LogP contribution < -0.4 is 5.32 Å². The van der Waals surface area contributed by atoms with Gasteiger partial charge in [-0.25, -0.2) is 0 Å². The van der Waals surface area contributed by atoms with E-state index in [1.807, 2.05) is 24.0 Å². The maximum absolute atomic E-state index is 9.95. The number of hydrogen-bond donors (Lipinski definition) is 2. The van der Waals surface area contributed by atoms with E-state index in [-0.39, 0.29) is 0 Å². The number of ether oxygens (including phenoxy) is 1. The van der Waals surface area contributed by atoms with E-state index in [1.54, 1.807) is 0 Å². The van der Waals surface area contributed by atoms with Crippen molar-refractivity contribution in [3.8, 4) is 0 Å². The van der Waals surface area contributed by atoms with Crippen LogP contribution in [0.15, 0.2) is 12.3 Å². The zero-order valence-electron chi connectivity index (χ0n) is 13.3. The molecule has 1 aliphatic rings. The molecule has 3 atom stereocenters. The van der Waals surface area contributed by atoms with Crippen LogP contribution in [0.4, 0.5) is 0 Å². The number of hydrogen-bond acceptors (Lipinski definition) is 4. The number of aryl methyl sites for hydroxylation is 1. The first-order valence-corrected chi connectivity index (χ1v) is 8.12. The Morgan fingerprint density at radius 3 is 3.10 bits per heavy atom. The quantitative estimate of drug-likeness (QED) is 0.714. The molecule has 1 saturated carbocycles. The van der Waals surface area contributed by atoms with Gasteiger partial charge in [0.1, 0.15) is 0 Å². The van der Waals surface area contributed by atoms with Crippen LogP contribution in [0.25, 0.3) is 0 Å². The Bertz CT molecular complexity index is 408. The second-order valence-electron chi connectivity index (χ2n) is 6.28. The lowest BCUT2D eigenvalue weighted by molar-refractivity contribution is -0.0305. The molecular weight excluding hydrogens is 266 g/mol. The molecule has 3 unspecified atom stereocenters. The maximum atomic E-state index is 9.95. The number of rotatable bonds is 8. The summed E-state index contributed by atoms with van der Waals surface area (Å²) >= 11 is 0. The van der Waals surface area contributed by atoms with E-state index >= 15 is 0 Å². The molecule has 2 N–H and O–H groups in total. The molecule has 0 saturated heterocycles. The molecule has 1 aromatic rings. The van der Waals surface area contributed by atoms with E-state index in [2.05, 4.69) is 17.3 Å². The third-order valence-corrected chi connectivity index (χ3v) is 4.27. The molecule has 0 spiro atoms. The minimum Gasteiger partial charge on any atom is -0.389 e. The van der Waals surface area contributed by atoms with Gasteiger partial charge in [-0.2, -0.15) is 5.10 Å². The smallest absolute Gasteiger partial charge is 0.0897 e. The van der Waals surface area contributed by atoms with Gasteiger partial charge >= 0.3 is 0 Å². The molecule has 2 rings (SSSR count). The van der Waals surface area contributed by atoms with E-state index in [9.17, 15) is 5.11 Å². The van der Waals surface area contributed by atoms with Crippen molar-refractivity contribution in [3.63, 3.8) is 0 Å². The van der Waals surface area contributed by atoms with Crippen molar-refractivity contribution in [2.24, 2.45) is 13.0 Å². The highest BCUT2D eigenvalue weighted by atomic mass is 16.5. The first-order valence-electron chi connectivity index (χ1n) is 8.12. The molecule has 0 amide bonds. The Morgan fingerprint density at radius 2 is 2.38 bits per heavy atom. The lowest BCUT2D eigenvalue weighted by Gasteiger charge is -2.27. The van der Waals surface area contributed by atoms with E-state index < -0.39 is 6.10 Å². The van der Waals surface area contributed by atoms with E-state index in [0.717, 1.165) is 31.7 Å². The molecule has 21 heavy (non-hydrogen) atoms. The fourth-order valence-electron chi connectivity index (χ4n) is 2.97. The van der Waals surface area contributed by atoms with Crippen LogP contribution in [0.1, 0.15) is 38.3 Å². The topological polar surface area (TPSA) is 59.3 Å². The Balaban J connectivity index is 1.53. The summed E-state index contributed by atoms with van der Waals surface area (Å²) in [5, 5.41) is 17.4. The molecule has 0 aliphatic heterocycles. The summed E-state index contributed by atoms with van der Waals surface area (Å²) < 4.78 is 7.71. The Hall–Kier alpha value is -0.910. The van der Waals surface area contributed by atoms with Gasteiger partial charge in [0, 0.05) is 38.4 Å². The summed E-state index contributed by atoms with van der Waals surface area (Å²) in [6, 6.07) is 2.02. The van der Waals surface area contributed by atoms with Gasteiger partial charge in [0.05, 0.1) is 18.8 Å². The number of aliphatic hydroxyl groups excluding tert-OH is 1. The molecule has 1 aliphatic carbocycles. The van der Waals surface area contributed by atoms with Crippen molar-refractivity contribution in [1.82, 2.24) is 15.1 Å². The normalized spacial score (nSPS) is 24.1. The van der Waals surface area contributed by atoms with E-state index in [4.69, 9.17) is 4.74 Å². The van der Waals surface area contributed by atoms with Gasteiger partial charge in [-0.05, 0) is 24.8 Å². The van der Waals surface area contributed by atoms with Crippen LogP contribution in [0.2, 0.25) is 0 Å². The van der Waals surface area contributed by atoms with Crippen molar-refractivity contribution in [3.05, 3.63) is 18.0 Å². The summed E-state index contributed by atoms with van der Waals surface area (Å²) in [6.07, 6.45) is 7.51. The second-order valence-corrected chi connectivity index (χ2v) is 6.28. The average molecular weight is 295 g/mol. The molecule has 1 fully saturated rings. The predicted molar refractivity (Wildman–Crippen MR) is 83.2 cm³/mol. The summed E-state index contributed by atoms with van der Waals surface area (Å²) in [5.41, 5.74) is 1.20. The summed E-state index contributed by atoms with van der Waals surface area (Å²) in [6.45, 7) is 4.15. The number of aliphatic hydroxyl groups is 1. The van der Waals surface area contributed by atoms with Gasteiger partial charge in [-0.3, -0.25) is 4.68 Å². The van der Waals surface area contributed by atoms with Crippen LogP contribution >= 0.6 is 0 Å². The van der Waals surface area contributed by atoms with Gasteiger partial charge in [0.15, 0.2) is 0 Å². The molecule has 0 radical (unpaired) electrons. The third kappa shape index (κ3) is 5.77. The Morgan fingerprint density at radius 1 is 1.52 bits per heavy atom. The van der Waals surface area contributed by atoms with E-state index in [1.165, 1.54) is 18.5 Å². The van der Waals surface area contributed by atoms with Gasteiger partial charge in [-0.15, -0.1) is 0 Å². The van der Waals surface area contributed by atoms with Crippen molar-refractivity contribution >= 4 is 0 Å². The Kier molecular flexibility index (Phi) is 6.67. The molecule has 0 aromatic carbocycles. The van der Waals surface area contributed by atoms with Crippen LogP contribution in [0.5, 0.6) is 0 Å². The van der Waals surface area contributed by atoms with Gasteiger partial charge in [0.25, 0.3) is 0 Å². The van der Waals surface area contributed by atoms with E-state index in [0.29, 0.717) is 19.3 Å². The zero-order valence-corrected chi connectivity index (χ0v) is 13.3. The van der Waals surface area contributed by atoms with Gasteiger partial charge in [0.2, 0.25) is 0 Å². The molecule has 5 nitrogen and oxygen atoms in total. The van der Waals surface area contributed by atoms with Crippen LogP contribution in [-0.2, 0) is 18.2 Å². The minimum absolute atomic E-state index is 0.345. The van der Waals surface area contributed by atoms with Crippen LogP contribution in [-0.4, -0.2) is 46.8 Å². The molecule has 1 heterocycles. The first-order chi connectivity index (χ1) is 10.1. The zero-order chi connectivity index (χ0) is 15.1. The molecule has 5 heteroatoms. The number of nitrogens with zero attached hydrogens (tertiary/aromatic N) is 2. The highest BCUT2D eigenvalue weighted by molar-refractivity contribution is 5.00. The minimum atomic E-state index is -0.422. The van der Waals surface area contributed by atoms with Crippen LogP contribution in [0, 0.1) is 5.92 Å². The fraction of sp³-hybridized carbons (Fsp3) is 0.812. The summed E-state index contributed by atoms with van der Waals surface area (Å²) in [4.78, 5) is 0.